The minimum atomic E-state index is 0.205. The molecule has 2 aromatic heterocycles. The minimum absolute atomic E-state index is 0.205. The van der Waals surface area contributed by atoms with Crippen LogP contribution in [0.5, 0.6) is 5.75 Å². The number of nitrogens with zero attached hydrogens (tertiary/aromatic N) is 5. The molecule has 1 fully saturated rings. The Morgan fingerprint density at radius 3 is 2.81 bits per heavy atom. The van der Waals surface area contributed by atoms with E-state index in [1.54, 1.807) is 6.33 Å². The van der Waals surface area contributed by atoms with Crippen LogP contribution in [0.3, 0.4) is 0 Å². The summed E-state index contributed by atoms with van der Waals surface area (Å²) in [5, 5.41) is 4.39. The largest absolute Gasteiger partial charge is 0.491 e. The summed E-state index contributed by atoms with van der Waals surface area (Å²) >= 11 is 0. The van der Waals surface area contributed by atoms with Crippen LogP contribution >= 0.6 is 0 Å². The van der Waals surface area contributed by atoms with E-state index in [-0.39, 0.29) is 6.10 Å². The second-order valence-electron chi connectivity index (χ2n) is 7.68. The Balaban J connectivity index is 1.47. The van der Waals surface area contributed by atoms with Crippen LogP contribution < -0.4 is 4.74 Å². The summed E-state index contributed by atoms with van der Waals surface area (Å²) in [4.78, 5) is 11.3. The topological polar surface area (TPSA) is 55.6 Å². The summed E-state index contributed by atoms with van der Waals surface area (Å²) < 4.78 is 7.65. The number of hydrogen-bond acceptors (Lipinski definition) is 5. The van der Waals surface area contributed by atoms with Gasteiger partial charge in [0.2, 0.25) is 0 Å². The summed E-state index contributed by atoms with van der Waals surface area (Å²) in [6.07, 6.45) is 4.16. The normalized spacial score (nSPS) is 18.3. The maximum absolute atomic E-state index is 5.74. The molecule has 0 bridgehead atoms. The highest BCUT2D eigenvalue weighted by molar-refractivity contribution is 5.32. The molecule has 1 aliphatic rings. The van der Waals surface area contributed by atoms with Crippen LogP contribution in [0.2, 0.25) is 0 Å². The zero-order chi connectivity index (χ0) is 18.8. The highest BCUT2D eigenvalue weighted by Crippen LogP contribution is 2.28. The first-order valence-corrected chi connectivity index (χ1v) is 9.74. The summed E-state index contributed by atoms with van der Waals surface area (Å²) in [6, 6.07) is 10.7. The van der Waals surface area contributed by atoms with E-state index < -0.39 is 0 Å². The highest BCUT2D eigenvalue weighted by Gasteiger charge is 2.24. The Morgan fingerprint density at radius 2 is 2.04 bits per heavy atom. The van der Waals surface area contributed by atoms with Gasteiger partial charge in [0.1, 0.15) is 12.1 Å². The van der Waals surface area contributed by atoms with Gasteiger partial charge in [0, 0.05) is 24.7 Å². The maximum atomic E-state index is 5.74. The number of rotatable bonds is 5. The third kappa shape index (κ3) is 4.11. The van der Waals surface area contributed by atoms with Gasteiger partial charge in [0.05, 0.1) is 11.8 Å². The molecule has 142 valence electrons. The lowest BCUT2D eigenvalue weighted by Gasteiger charge is -2.33. The van der Waals surface area contributed by atoms with Gasteiger partial charge >= 0.3 is 0 Å². The molecule has 1 aromatic carbocycles. The van der Waals surface area contributed by atoms with Gasteiger partial charge < -0.3 is 4.74 Å². The Labute approximate surface area is 160 Å². The van der Waals surface area contributed by atoms with Crippen LogP contribution in [-0.4, -0.2) is 43.7 Å². The molecule has 3 heterocycles. The van der Waals surface area contributed by atoms with Gasteiger partial charge in [-0.15, -0.1) is 0 Å². The van der Waals surface area contributed by atoms with E-state index in [4.69, 9.17) is 4.74 Å². The van der Waals surface area contributed by atoms with Crippen LogP contribution in [0, 0.1) is 6.92 Å². The number of benzene rings is 1. The zero-order valence-electron chi connectivity index (χ0n) is 16.3. The van der Waals surface area contributed by atoms with Crippen molar-refractivity contribution in [2.45, 2.75) is 52.2 Å². The lowest BCUT2D eigenvalue weighted by Crippen LogP contribution is -2.34. The molecule has 1 saturated heterocycles. The number of aryl methyl sites for hydroxylation is 1. The summed E-state index contributed by atoms with van der Waals surface area (Å²) in [6.45, 7) is 9.25. The molecule has 1 atom stereocenters. The number of ether oxygens (including phenoxy) is 1. The van der Waals surface area contributed by atoms with Gasteiger partial charge in [-0.05, 0) is 63.9 Å². The second-order valence-corrected chi connectivity index (χ2v) is 7.68. The quantitative estimate of drug-likeness (QED) is 0.691. The molecule has 1 aliphatic heterocycles. The zero-order valence-corrected chi connectivity index (χ0v) is 16.3. The lowest BCUT2D eigenvalue weighted by atomic mass is 9.93. The fraction of sp³-hybridized carbons (Fsp3) is 0.476. The smallest absolute Gasteiger partial charge is 0.252 e. The standard InChI is InChI=1S/C21H27N5O/c1-15(2)27-19-8-6-17(7-9-19)12-25-10-4-5-18(13-25)20-11-16(3)24-21-22-14-23-26(20)21/h6-9,11,14-15,18H,4-5,10,12-13H2,1-3H3. The first-order valence-electron chi connectivity index (χ1n) is 9.74. The molecule has 6 heteroatoms. The number of aromatic nitrogens is 4. The summed E-state index contributed by atoms with van der Waals surface area (Å²) in [7, 11) is 0. The molecule has 0 radical (unpaired) electrons. The highest BCUT2D eigenvalue weighted by atomic mass is 16.5. The Hall–Kier alpha value is -2.47. The molecule has 0 amide bonds. The molecule has 27 heavy (non-hydrogen) atoms. The average Bonchev–Trinajstić information content (AvgIpc) is 3.11. The molecule has 4 rings (SSSR count). The fourth-order valence-electron chi connectivity index (χ4n) is 3.89. The predicted octanol–water partition coefficient (Wildman–Crippen LogP) is 3.60. The molecular formula is C21H27N5O. The Bertz CT molecular complexity index is 903. The van der Waals surface area contributed by atoms with Crippen molar-refractivity contribution in [2.24, 2.45) is 0 Å². The molecule has 0 N–H and O–H groups in total. The van der Waals surface area contributed by atoms with E-state index in [1.807, 2.05) is 11.4 Å². The molecular weight excluding hydrogens is 338 g/mol. The van der Waals surface area contributed by atoms with Crippen molar-refractivity contribution < 1.29 is 4.74 Å². The molecule has 1 unspecified atom stereocenters. The monoisotopic (exact) mass is 365 g/mol. The predicted molar refractivity (Wildman–Crippen MR) is 105 cm³/mol. The Kier molecular flexibility index (Phi) is 5.07. The van der Waals surface area contributed by atoms with E-state index >= 15 is 0 Å². The average molecular weight is 365 g/mol. The molecule has 3 aromatic rings. The Morgan fingerprint density at radius 1 is 1.22 bits per heavy atom. The van der Waals surface area contributed by atoms with Crippen molar-refractivity contribution >= 4 is 5.78 Å². The van der Waals surface area contributed by atoms with Gasteiger partial charge in [0.25, 0.3) is 5.78 Å². The number of hydrogen-bond donors (Lipinski definition) is 0. The number of fused-ring (bicyclic) bond motifs is 1. The van der Waals surface area contributed by atoms with E-state index in [9.17, 15) is 0 Å². The van der Waals surface area contributed by atoms with Crippen LogP contribution in [0.4, 0.5) is 0 Å². The van der Waals surface area contributed by atoms with Crippen LogP contribution in [0.1, 0.15) is 49.6 Å². The van der Waals surface area contributed by atoms with E-state index in [0.717, 1.165) is 31.1 Å². The van der Waals surface area contributed by atoms with Crippen LogP contribution in [0.25, 0.3) is 5.78 Å². The molecule has 0 saturated carbocycles. The van der Waals surface area contributed by atoms with Crippen molar-refractivity contribution in [2.75, 3.05) is 13.1 Å². The lowest BCUT2D eigenvalue weighted by molar-refractivity contribution is 0.197. The summed E-state index contributed by atoms with van der Waals surface area (Å²) in [5.41, 5.74) is 3.55. The number of likely N-dealkylation sites (tertiary alicyclic amines) is 1. The van der Waals surface area contributed by atoms with Crippen molar-refractivity contribution in [3.05, 3.63) is 53.6 Å². The van der Waals surface area contributed by atoms with Crippen molar-refractivity contribution in [1.29, 1.82) is 0 Å². The third-order valence-electron chi connectivity index (χ3n) is 5.03. The van der Waals surface area contributed by atoms with Gasteiger partial charge in [-0.2, -0.15) is 10.1 Å². The third-order valence-corrected chi connectivity index (χ3v) is 5.03. The van der Waals surface area contributed by atoms with E-state index in [0.29, 0.717) is 11.7 Å². The molecule has 0 spiro atoms. The van der Waals surface area contributed by atoms with Crippen molar-refractivity contribution in [3.63, 3.8) is 0 Å². The minimum Gasteiger partial charge on any atom is -0.491 e. The van der Waals surface area contributed by atoms with Crippen molar-refractivity contribution in [3.8, 4) is 5.75 Å². The molecule has 6 nitrogen and oxygen atoms in total. The first kappa shape index (κ1) is 17.9. The van der Waals surface area contributed by atoms with Gasteiger partial charge in [0.15, 0.2) is 0 Å². The van der Waals surface area contributed by atoms with E-state index in [2.05, 4.69) is 64.1 Å². The van der Waals surface area contributed by atoms with Crippen LogP contribution in [0.15, 0.2) is 36.7 Å². The SMILES string of the molecule is Cc1cc(C2CCCN(Cc3ccc(OC(C)C)cc3)C2)n2ncnc2n1. The van der Waals surface area contributed by atoms with Gasteiger partial charge in [-0.3, -0.25) is 4.90 Å². The number of piperidine rings is 1. The van der Waals surface area contributed by atoms with Crippen LogP contribution in [-0.2, 0) is 6.54 Å². The van der Waals surface area contributed by atoms with Gasteiger partial charge in [-0.25, -0.2) is 9.50 Å². The van der Waals surface area contributed by atoms with Gasteiger partial charge in [-0.1, -0.05) is 12.1 Å². The molecule has 0 aliphatic carbocycles. The first-order chi connectivity index (χ1) is 13.1. The fourth-order valence-corrected chi connectivity index (χ4v) is 3.89. The van der Waals surface area contributed by atoms with E-state index in [1.165, 1.54) is 24.1 Å². The van der Waals surface area contributed by atoms with Crippen molar-refractivity contribution in [1.82, 2.24) is 24.5 Å². The summed E-state index contributed by atoms with van der Waals surface area (Å²) in [5.74, 6) is 2.09. The maximum Gasteiger partial charge on any atom is 0.252 e. The second kappa shape index (κ2) is 7.64.